The summed E-state index contributed by atoms with van der Waals surface area (Å²) >= 11 is 1.13. The fraction of sp³-hybridized carbons (Fsp3) is 0.200. The lowest BCUT2D eigenvalue weighted by Crippen LogP contribution is -2.42. The molecule has 2 aliphatic rings. The zero-order valence-corrected chi connectivity index (χ0v) is 15.5. The number of anilines is 1. The van der Waals surface area contributed by atoms with E-state index in [2.05, 4.69) is 4.99 Å². The fourth-order valence-corrected chi connectivity index (χ4v) is 4.64. The lowest BCUT2D eigenvalue weighted by Gasteiger charge is -2.25. The molecule has 0 aromatic heterocycles. The van der Waals surface area contributed by atoms with Gasteiger partial charge in [0.25, 0.3) is 5.91 Å². The minimum Gasteiger partial charge on any atom is -0.274 e. The summed E-state index contributed by atoms with van der Waals surface area (Å²) in [5.41, 5.74) is 0.559. The second-order valence-corrected chi connectivity index (χ2v) is 8.19. The van der Waals surface area contributed by atoms with Crippen molar-refractivity contribution in [1.82, 2.24) is 0 Å². The van der Waals surface area contributed by atoms with Crippen LogP contribution in [0.3, 0.4) is 0 Å². The number of rotatable bonds is 3. The average Bonchev–Trinajstić information content (AvgIpc) is 3.12. The standard InChI is InChI=1S/C20H14F2N2O3S/c1-20(19(27)23-17(28-20)11-5-3-2-4-6-11)15-10-16(25)24(18(15)26)14-8-12(21)7-13(22)9-14/h2-9,15H,10H2,1H3/t15-,20+/m1/s1. The number of halogens is 2. The molecule has 2 aromatic carbocycles. The summed E-state index contributed by atoms with van der Waals surface area (Å²) in [6, 6.07) is 11.5. The van der Waals surface area contributed by atoms with Crippen molar-refractivity contribution in [3.05, 3.63) is 65.7 Å². The maximum absolute atomic E-state index is 13.5. The van der Waals surface area contributed by atoms with Gasteiger partial charge in [0.1, 0.15) is 21.4 Å². The molecule has 2 heterocycles. The lowest BCUT2D eigenvalue weighted by atomic mass is 9.91. The third-order valence-corrected chi connectivity index (χ3v) is 6.28. The van der Waals surface area contributed by atoms with E-state index in [9.17, 15) is 23.2 Å². The molecule has 2 aliphatic heterocycles. The van der Waals surface area contributed by atoms with Gasteiger partial charge < -0.3 is 0 Å². The minimum atomic E-state index is -1.27. The molecule has 2 atom stereocenters. The Bertz CT molecular complexity index is 1020. The number of carbonyl (C=O) groups excluding carboxylic acids is 3. The Labute approximate surface area is 163 Å². The van der Waals surface area contributed by atoms with Crippen molar-refractivity contribution in [3.63, 3.8) is 0 Å². The quantitative estimate of drug-likeness (QED) is 0.742. The van der Waals surface area contributed by atoms with E-state index in [1.807, 2.05) is 18.2 Å². The van der Waals surface area contributed by atoms with Crippen molar-refractivity contribution in [2.45, 2.75) is 18.1 Å². The van der Waals surface area contributed by atoms with Crippen LogP contribution in [-0.4, -0.2) is 27.5 Å². The molecular weight excluding hydrogens is 386 g/mol. The highest BCUT2D eigenvalue weighted by Gasteiger charge is 2.56. The van der Waals surface area contributed by atoms with Crippen LogP contribution in [-0.2, 0) is 14.4 Å². The Morgan fingerprint density at radius 3 is 2.36 bits per heavy atom. The number of amides is 3. The van der Waals surface area contributed by atoms with Crippen molar-refractivity contribution < 1.29 is 23.2 Å². The van der Waals surface area contributed by atoms with Gasteiger partial charge >= 0.3 is 0 Å². The number of nitrogens with zero attached hydrogens (tertiary/aromatic N) is 2. The number of hydrogen-bond donors (Lipinski definition) is 0. The molecule has 1 saturated heterocycles. The first-order valence-corrected chi connectivity index (χ1v) is 9.32. The van der Waals surface area contributed by atoms with Gasteiger partial charge in [0.15, 0.2) is 0 Å². The van der Waals surface area contributed by atoms with Crippen LogP contribution in [0.4, 0.5) is 14.5 Å². The van der Waals surface area contributed by atoms with Crippen LogP contribution in [0.2, 0.25) is 0 Å². The van der Waals surface area contributed by atoms with Gasteiger partial charge in [0, 0.05) is 18.1 Å². The maximum Gasteiger partial charge on any atom is 0.263 e. The lowest BCUT2D eigenvalue weighted by molar-refractivity contribution is -0.127. The van der Waals surface area contributed by atoms with Gasteiger partial charge in [-0.3, -0.25) is 19.3 Å². The Morgan fingerprint density at radius 1 is 1.07 bits per heavy atom. The van der Waals surface area contributed by atoms with Gasteiger partial charge in [-0.05, 0) is 19.1 Å². The number of imide groups is 1. The Hall–Kier alpha value is -2.87. The van der Waals surface area contributed by atoms with Crippen molar-refractivity contribution in [1.29, 1.82) is 0 Å². The molecule has 4 rings (SSSR count). The van der Waals surface area contributed by atoms with Crippen molar-refractivity contribution >= 4 is 40.2 Å². The van der Waals surface area contributed by atoms with E-state index < -0.39 is 40.0 Å². The second kappa shape index (κ2) is 6.63. The van der Waals surface area contributed by atoms with E-state index in [0.717, 1.165) is 34.4 Å². The van der Waals surface area contributed by atoms with Gasteiger partial charge in [-0.25, -0.2) is 13.8 Å². The number of carbonyl (C=O) groups is 3. The van der Waals surface area contributed by atoms with Gasteiger partial charge in [0.2, 0.25) is 11.8 Å². The van der Waals surface area contributed by atoms with Crippen LogP contribution in [0.15, 0.2) is 53.5 Å². The first-order valence-electron chi connectivity index (χ1n) is 8.50. The molecule has 0 N–H and O–H groups in total. The van der Waals surface area contributed by atoms with Gasteiger partial charge in [0.05, 0.1) is 11.6 Å². The predicted molar refractivity (Wildman–Crippen MR) is 101 cm³/mol. The molecule has 142 valence electrons. The molecule has 5 nitrogen and oxygen atoms in total. The third kappa shape index (κ3) is 2.93. The minimum absolute atomic E-state index is 0.182. The first-order chi connectivity index (χ1) is 13.3. The largest absolute Gasteiger partial charge is 0.274 e. The van der Waals surface area contributed by atoms with Gasteiger partial charge in [-0.15, -0.1) is 0 Å². The SMILES string of the molecule is C[C@@]1([C@@H]2CC(=O)N(c3cc(F)cc(F)c3)C2=O)SC(c2ccccc2)=NC1=O. The first kappa shape index (κ1) is 18.5. The molecule has 0 aliphatic carbocycles. The summed E-state index contributed by atoms with van der Waals surface area (Å²) < 4.78 is 25.8. The number of thioether (sulfide) groups is 1. The van der Waals surface area contributed by atoms with Gasteiger partial charge in [-0.1, -0.05) is 42.1 Å². The normalized spacial score (nSPS) is 24.8. The van der Waals surface area contributed by atoms with E-state index in [1.165, 1.54) is 0 Å². The van der Waals surface area contributed by atoms with Crippen LogP contribution in [0.1, 0.15) is 18.9 Å². The summed E-state index contributed by atoms with van der Waals surface area (Å²) in [4.78, 5) is 42.9. The van der Waals surface area contributed by atoms with E-state index in [0.29, 0.717) is 11.1 Å². The van der Waals surface area contributed by atoms with Crippen molar-refractivity contribution in [2.75, 3.05) is 4.90 Å². The van der Waals surface area contributed by atoms with Crippen LogP contribution in [0.5, 0.6) is 0 Å². The summed E-state index contributed by atoms with van der Waals surface area (Å²) in [7, 11) is 0. The zero-order valence-electron chi connectivity index (χ0n) is 14.7. The predicted octanol–water partition coefficient (Wildman–Crippen LogP) is 3.32. The topological polar surface area (TPSA) is 66.8 Å². The van der Waals surface area contributed by atoms with Gasteiger partial charge in [-0.2, -0.15) is 0 Å². The Balaban J connectivity index is 1.64. The monoisotopic (exact) mass is 400 g/mol. The van der Waals surface area contributed by atoms with E-state index in [-0.39, 0.29) is 12.1 Å². The highest BCUT2D eigenvalue weighted by Crippen LogP contribution is 2.46. The molecule has 0 spiro atoms. The molecule has 0 bridgehead atoms. The summed E-state index contributed by atoms with van der Waals surface area (Å²) in [5, 5.41) is 0.476. The van der Waals surface area contributed by atoms with E-state index >= 15 is 0 Å². The van der Waals surface area contributed by atoms with E-state index in [1.54, 1.807) is 19.1 Å². The van der Waals surface area contributed by atoms with Crippen LogP contribution in [0.25, 0.3) is 0 Å². The highest BCUT2D eigenvalue weighted by molar-refractivity contribution is 8.16. The third-order valence-electron chi connectivity index (χ3n) is 4.87. The Kier molecular flexibility index (Phi) is 4.38. The second-order valence-electron chi connectivity index (χ2n) is 6.75. The summed E-state index contributed by atoms with van der Waals surface area (Å²) in [5.74, 6) is -4.55. The van der Waals surface area contributed by atoms with Crippen molar-refractivity contribution in [2.24, 2.45) is 10.9 Å². The van der Waals surface area contributed by atoms with Crippen LogP contribution >= 0.6 is 11.8 Å². The van der Waals surface area contributed by atoms with Crippen LogP contribution in [0, 0.1) is 17.6 Å². The Morgan fingerprint density at radius 2 is 1.71 bits per heavy atom. The smallest absolute Gasteiger partial charge is 0.263 e. The molecule has 2 aromatic rings. The van der Waals surface area contributed by atoms with Crippen LogP contribution < -0.4 is 4.90 Å². The zero-order chi connectivity index (χ0) is 20.1. The summed E-state index contributed by atoms with van der Waals surface area (Å²) in [6.07, 6.45) is -0.232. The maximum atomic E-state index is 13.5. The molecule has 0 saturated carbocycles. The highest BCUT2D eigenvalue weighted by atomic mass is 32.2. The molecule has 0 radical (unpaired) electrons. The molecule has 8 heteroatoms. The fourth-order valence-electron chi connectivity index (χ4n) is 3.40. The average molecular weight is 400 g/mol. The van der Waals surface area contributed by atoms with E-state index in [4.69, 9.17) is 0 Å². The number of benzene rings is 2. The number of hydrogen-bond acceptors (Lipinski definition) is 4. The van der Waals surface area contributed by atoms with Crippen molar-refractivity contribution in [3.8, 4) is 0 Å². The summed E-state index contributed by atoms with van der Waals surface area (Å²) in [6.45, 7) is 1.57. The molecular formula is C20H14F2N2O3S. The molecule has 28 heavy (non-hydrogen) atoms. The molecule has 0 unspecified atom stereocenters. The number of aliphatic imine (C=N–C) groups is 1. The molecule has 3 amide bonds. The molecule has 1 fully saturated rings.